The molecule has 0 spiro atoms. The van der Waals surface area contributed by atoms with Crippen LogP contribution in [0, 0.1) is 0 Å². The highest BCUT2D eigenvalue weighted by Crippen LogP contribution is 2.28. The Hall–Kier alpha value is -1.58. The van der Waals surface area contributed by atoms with Gasteiger partial charge < -0.3 is 15.2 Å². The Morgan fingerprint density at radius 3 is 2.72 bits per heavy atom. The number of benzene rings is 2. The maximum Gasteiger partial charge on any atom is 0.124 e. The van der Waals surface area contributed by atoms with Gasteiger partial charge in [-0.1, -0.05) is 30.3 Å². The van der Waals surface area contributed by atoms with Crippen molar-refractivity contribution in [2.75, 3.05) is 13.7 Å². The predicted octanol–water partition coefficient (Wildman–Crippen LogP) is 2.32. The van der Waals surface area contributed by atoms with Crippen molar-refractivity contribution in [2.24, 2.45) is 0 Å². The average molecular weight is 245 g/mol. The molecule has 18 heavy (non-hydrogen) atoms. The maximum atomic E-state index is 9.31. The topological polar surface area (TPSA) is 41.5 Å². The van der Waals surface area contributed by atoms with E-state index < -0.39 is 6.10 Å². The van der Waals surface area contributed by atoms with E-state index in [4.69, 9.17) is 4.74 Å². The fraction of sp³-hybridized carbons (Fsp3) is 0.333. The van der Waals surface area contributed by atoms with Crippen molar-refractivity contribution < 1.29 is 9.84 Å². The molecular weight excluding hydrogens is 226 g/mol. The first-order valence-electron chi connectivity index (χ1n) is 6.18. The molecule has 0 aliphatic rings. The summed E-state index contributed by atoms with van der Waals surface area (Å²) in [4.78, 5) is 0. The van der Waals surface area contributed by atoms with Crippen LogP contribution in [0.1, 0.15) is 12.5 Å². The first kappa shape index (κ1) is 12.9. The first-order valence-corrected chi connectivity index (χ1v) is 6.18. The van der Waals surface area contributed by atoms with Gasteiger partial charge in [-0.15, -0.1) is 0 Å². The van der Waals surface area contributed by atoms with E-state index in [0.717, 1.165) is 17.9 Å². The summed E-state index contributed by atoms with van der Waals surface area (Å²) in [5, 5.41) is 14.9. The van der Waals surface area contributed by atoms with Gasteiger partial charge in [-0.3, -0.25) is 0 Å². The molecule has 2 rings (SSSR count). The quantitative estimate of drug-likeness (QED) is 0.849. The highest BCUT2D eigenvalue weighted by atomic mass is 16.5. The second-order valence-electron chi connectivity index (χ2n) is 4.45. The number of fused-ring (bicyclic) bond motifs is 1. The van der Waals surface area contributed by atoms with Crippen molar-refractivity contribution >= 4 is 10.8 Å². The van der Waals surface area contributed by atoms with E-state index in [2.05, 4.69) is 17.4 Å². The molecule has 0 aromatic heterocycles. The zero-order valence-corrected chi connectivity index (χ0v) is 10.8. The molecule has 0 bridgehead atoms. The van der Waals surface area contributed by atoms with Crippen molar-refractivity contribution in [1.29, 1.82) is 0 Å². The largest absolute Gasteiger partial charge is 0.491 e. The van der Waals surface area contributed by atoms with Crippen LogP contribution in [0.25, 0.3) is 10.8 Å². The van der Waals surface area contributed by atoms with Gasteiger partial charge in [0.05, 0.1) is 6.10 Å². The second-order valence-corrected chi connectivity index (χ2v) is 4.45. The van der Waals surface area contributed by atoms with Crippen LogP contribution >= 0.6 is 0 Å². The minimum Gasteiger partial charge on any atom is -0.491 e. The van der Waals surface area contributed by atoms with Crippen LogP contribution in [0.2, 0.25) is 0 Å². The van der Waals surface area contributed by atoms with Crippen LogP contribution < -0.4 is 10.1 Å². The van der Waals surface area contributed by atoms with Gasteiger partial charge in [-0.2, -0.15) is 0 Å². The fourth-order valence-corrected chi connectivity index (χ4v) is 2.02. The number of rotatable bonds is 5. The Morgan fingerprint density at radius 2 is 2.00 bits per heavy atom. The summed E-state index contributed by atoms with van der Waals surface area (Å²) in [6.45, 7) is 2.78. The van der Waals surface area contributed by atoms with Crippen molar-refractivity contribution in [1.82, 2.24) is 5.32 Å². The van der Waals surface area contributed by atoms with Crippen LogP contribution in [0.3, 0.4) is 0 Å². The van der Waals surface area contributed by atoms with Gasteiger partial charge in [0.15, 0.2) is 0 Å². The van der Waals surface area contributed by atoms with E-state index >= 15 is 0 Å². The summed E-state index contributed by atoms with van der Waals surface area (Å²) >= 11 is 0. The smallest absolute Gasteiger partial charge is 0.124 e. The summed E-state index contributed by atoms with van der Waals surface area (Å²) in [5.74, 6) is 0.837. The molecule has 0 aliphatic carbocycles. The Balaban J connectivity index is 2.41. The molecule has 2 aromatic carbocycles. The van der Waals surface area contributed by atoms with E-state index in [9.17, 15) is 5.11 Å². The van der Waals surface area contributed by atoms with Crippen molar-refractivity contribution in [3.8, 4) is 5.75 Å². The fourth-order valence-electron chi connectivity index (χ4n) is 2.02. The first-order chi connectivity index (χ1) is 8.72. The maximum absolute atomic E-state index is 9.31. The van der Waals surface area contributed by atoms with Gasteiger partial charge in [-0.05, 0) is 30.8 Å². The van der Waals surface area contributed by atoms with Crippen molar-refractivity contribution in [2.45, 2.75) is 19.6 Å². The number of hydrogen-bond donors (Lipinski definition) is 2. The molecule has 2 N–H and O–H groups in total. The van der Waals surface area contributed by atoms with Gasteiger partial charge in [0.2, 0.25) is 0 Å². The summed E-state index contributed by atoms with van der Waals surface area (Å²) in [5.41, 5.74) is 1.14. The third kappa shape index (κ3) is 2.81. The Labute approximate surface area is 107 Å². The molecule has 0 fully saturated rings. The normalized spacial score (nSPS) is 12.6. The summed E-state index contributed by atoms with van der Waals surface area (Å²) in [6.07, 6.45) is -0.459. The average Bonchev–Trinajstić information content (AvgIpc) is 2.38. The van der Waals surface area contributed by atoms with Gasteiger partial charge in [0, 0.05) is 12.1 Å². The van der Waals surface area contributed by atoms with Gasteiger partial charge in [0.25, 0.3) is 0 Å². The lowest BCUT2D eigenvalue weighted by atomic mass is 10.0. The summed E-state index contributed by atoms with van der Waals surface area (Å²) < 4.78 is 5.67. The molecule has 0 saturated carbocycles. The van der Waals surface area contributed by atoms with Gasteiger partial charge in [-0.25, -0.2) is 0 Å². The summed E-state index contributed by atoms with van der Waals surface area (Å²) in [7, 11) is 1.92. The van der Waals surface area contributed by atoms with Crippen LogP contribution in [-0.2, 0) is 6.54 Å². The molecule has 0 heterocycles. The monoisotopic (exact) mass is 245 g/mol. The number of ether oxygens (including phenoxy) is 1. The molecule has 1 unspecified atom stereocenters. The van der Waals surface area contributed by atoms with Crippen LogP contribution in [0.15, 0.2) is 36.4 Å². The molecule has 0 saturated heterocycles. The number of aliphatic hydroxyl groups is 1. The highest BCUT2D eigenvalue weighted by molar-refractivity contribution is 5.87. The molecule has 0 amide bonds. The highest BCUT2D eigenvalue weighted by Gasteiger charge is 2.08. The molecule has 2 aromatic rings. The standard InChI is InChI=1S/C15H19NO2/c1-11(17)10-18-15-8-7-12-5-3-4-6-13(12)14(15)9-16-2/h3-8,11,16-17H,9-10H2,1-2H3. The molecular formula is C15H19NO2. The van der Waals surface area contributed by atoms with Crippen molar-refractivity contribution in [3.63, 3.8) is 0 Å². The van der Waals surface area contributed by atoms with Gasteiger partial charge >= 0.3 is 0 Å². The Kier molecular flexibility index (Phi) is 4.18. The lowest BCUT2D eigenvalue weighted by molar-refractivity contribution is 0.122. The zero-order chi connectivity index (χ0) is 13.0. The number of nitrogens with one attached hydrogen (secondary N) is 1. The SMILES string of the molecule is CNCc1c(OCC(C)O)ccc2ccccc12. The second kappa shape index (κ2) is 5.85. The van der Waals surface area contributed by atoms with Gasteiger partial charge in [0.1, 0.15) is 12.4 Å². The molecule has 0 aliphatic heterocycles. The van der Waals surface area contributed by atoms with Crippen LogP contribution in [0.4, 0.5) is 0 Å². The molecule has 3 heteroatoms. The zero-order valence-electron chi connectivity index (χ0n) is 10.8. The number of aliphatic hydroxyl groups excluding tert-OH is 1. The van der Waals surface area contributed by atoms with E-state index in [1.807, 2.05) is 31.3 Å². The Morgan fingerprint density at radius 1 is 1.22 bits per heavy atom. The minimum atomic E-state index is -0.459. The van der Waals surface area contributed by atoms with E-state index in [-0.39, 0.29) is 0 Å². The van der Waals surface area contributed by atoms with E-state index in [0.29, 0.717) is 6.61 Å². The molecule has 96 valence electrons. The summed E-state index contributed by atoms with van der Waals surface area (Å²) in [6, 6.07) is 12.3. The molecule has 1 atom stereocenters. The van der Waals surface area contributed by atoms with E-state index in [1.54, 1.807) is 6.92 Å². The third-order valence-corrected chi connectivity index (χ3v) is 2.83. The number of hydrogen-bond acceptors (Lipinski definition) is 3. The van der Waals surface area contributed by atoms with Crippen molar-refractivity contribution in [3.05, 3.63) is 42.0 Å². The lowest BCUT2D eigenvalue weighted by Crippen LogP contribution is -2.15. The lowest BCUT2D eigenvalue weighted by Gasteiger charge is -2.15. The van der Waals surface area contributed by atoms with Crippen LogP contribution in [-0.4, -0.2) is 24.9 Å². The van der Waals surface area contributed by atoms with E-state index in [1.165, 1.54) is 10.8 Å². The predicted molar refractivity (Wildman–Crippen MR) is 73.9 cm³/mol. The minimum absolute atomic E-state index is 0.315. The van der Waals surface area contributed by atoms with Crippen LogP contribution in [0.5, 0.6) is 5.75 Å². The molecule has 0 radical (unpaired) electrons. The third-order valence-electron chi connectivity index (χ3n) is 2.83. The Bertz CT molecular complexity index is 523. The molecule has 3 nitrogen and oxygen atoms in total.